The molecule has 0 aliphatic rings. The van der Waals surface area contributed by atoms with E-state index in [4.69, 9.17) is 0 Å². The molecule has 0 unspecified atom stereocenters. The van der Waals surface area contributed by atoms with Gasteiger partial charge in [-0.15, -0.1) is 0 Å². The van der Waals surface area contributed by atoms with Gasteiger partial charge >= 0.3 is 5.69 Å². The minimum atomic E-state index is -0.385. The zero-order valence-corrected chi connectivity index (χ0v) is 13.7. The zero-order chi connectivity index (χ0) is 16.6. The highest BCUT2D eigenvalue weighted by Gasteiger charge is 2.16. The van der Waals surface area contributed by atoms with Gasteiger partial charge in [-0.2, -0.15) is 0 Å². The first-order chi connectivity index (χ1) is 11.0. The van der Waals surface area contributed by atoms with Gasteiger partial charge in [0.1, 0.15) is 12.4 Å². The van der Waals surface area contributed by atoms with E-state index < -0.39 is 0 Å². The molecule has 6 nitrogen and oxygen atoms in total. The quantitative estimate of drug-likeness (QED) is 0.759. The van der Waals surface area contributed by atoms with Gasteiger partial charge in [0.05, 0.1) is 21.7 Å². The average Bonchev–Trinajstić information content (AvgIpc) is 2.76. The summed E-state index contributed by atoms with van der Waals surface area (Å²) in [4.78, 5) is 28.5. The lowest BCUT2D eigenvalue weighted by molar-refractivity contribution is -0.116. The van der Waals surface area contributed by atoms with E-state index in [2.05, 4.69) is 26.2 Å². The van der Waals surface area contributed by atoms with Crippen molar-refractivity contribution in [3.63, 3.8) is 0 Å². The lowest BCUT2D eigenvalue weighted by atomic mass is 10.3. The Morgan fingerprint density at radius 1 is 1.30 bits per heavy atom. The number of carbonyl (C=O) groups is 1. The van der Waals surface area contributed by atoms with Crippen LogP contribution < -0.4 is 11.0 Å². The molecule has 23 heavy (non-hydrogen) atoms. The van der Waals surface area contributed by atoms with Gasteiger partial charge in [-0.25, -0.2) is 9.18 Å². The topological polar surface area (TPSA) is 68.9 Å². The van der Waals surface area contributed by atoms with Crippen LogP contribution in [0.1, 0.15) is 0 Å². The third kappa shape index (κ3) is 2.89. The summed E-state index contributed by atoms with van der Waals surface area (Å²) in [6.07, 6.45) is 3.12. The van der Waals surface area contributed by atoms with E-state index in [9.17, 15) is 14.0 Å². The molecule has 0 bridgehead atoms. The van der Waals surface area contributed by atoms with Gasteiger partial charge < -0.3 is 5.32 Å². The first-order valence-electron chi connectivity index (χ1n) is 6.71. The maximum Gasteiger partial charge on any atom is 0.329 e. The van der Waals surface area contributed by atoms with Crippen LogP contribution in [0.3, 0.4) is 0 Å². The number of carbonyl (C=O) groups excluding carboxylic acids is 1. The van der Waals surface area contributed by atoms with Gasteiger partial charge in [-0.05, 0) is 40.2 Å². The lowest BCUT2D eigenvalue weighted by Crippen LogP contribution is -2.28. The summed E-state index contributed by atoms with van der Waals surface area (Å²) < 4.78 is 16.3. The monoisotopic (exact) mass is 378 g/mol. The van der Waals surface area contributed by atoms with Crippen LogP contribution in [-0.2, 0) is 18.4 Å². The number of aromatic nitrogens is 3. The zero-order valence-electron chi connectivity index (χ0n) is 12.1. The molecule has 0 aliphatic carbocycles. The molecule has 0 saturated heterocycles. The first-order valence-corrected chi connectivity index (χ1v) is 7.51. The van der Waals surface area contributed by atoms with Crippen molar-refractivity contribution in [3.05, 3.63) is 57.4 Å². The molecule has 0 fully saturated rings. The predicted octanol–water partition coefficient (Wildman–Crippen LogP) is 2.28. The third-order valence-electron chi connectivity index (χ3n) is 3.43. The smallest absolute Gasteiger partial charge is 0.325 e. The number of nitrogens with zero attached hydrogens (tertiary/aromatic N) is 3. The largest absolute Gasteiger partial charge is 0.329 e. The number of imidazole rings is 1. The predicted molar refractivity (Wildman–Crippen MR) is 87.7 cm³/mol. The van der Waals surface area contributed by atoms with Crippen molar-refractivity contribution in [2.75, 3.05) is 5.32 Å². The van der Waals surface area contributed by atoms with Gasteiger partial charge in [-0.3, -0.25) is 18.9 Å². The van der Waals surface area contributed by atoms with E-state index in [0.29, 0.717) is 21.2 Å². The minimum absolute atomic E-state index is 0.161. The number of fused-ring (bicyclic) bond motifs is 1. The third-order valence-corrected chi connectivity index (χ3v) is 4.01. The van der Waals surface area contributed by atoms with Crippen LogP contribution in [-0.4, -0.2) is 20.0 Å². The molecule has 118 valence electrons. The van der Waals surface area contributed by atoms with Gasteiger partial charge in [0, 0.05) is 18.9 Å². The Kier molecular flexibility index (Phi) is 3.99. The minimum Gasteiger partial charge on any atom is -0.325 e. The molecular weight excluding hydrogens is 367 g/mol. The van der Waals surface area contributed by atoms with Crippen molar-refractivity contribution >= 4 is 38.6 Å². The number of benzene rings is 1. The standard InChI is InChI=1S/C15H12BrFN4O2/c1-20-14-11(16)6-18-7-12(14)21(15(20)23)8-13(22)19-10-4-2-9(17)3-5-10/h2-7H,8H2,1H3,(H,19,22). The summed E-state index contributed by atoms with van der Waals surface area (Å²) in [5.74, 6) is -0.768. The van der Waals surface area contributed by atoms with Gasteiger partial charge in [0.15, 0.2) is 0 Å². The van der Waals surface area contributed by atoms with Crippen LogP contribution in [0.5, 0.6) is 0 Å². The number of hydrogen-bond acceptors (Lipinski definition) is 3. The summed E-state index contributed by atoms with van der Waals surface area (Å²) in [6, 6.07) is 5.41. The maximum atomic E-state index is 12.9. The van der Waals surface area contributed by atoms with Crippen molar-refractivity contribution in [1.82, 2.24) is 14.1 Å². The van der Waals surface area contributed by atoms with Gasteiger partial charge in [0.25, 0.3) is 0 Å². The van der Waals surface area contributed by atoms with Gasteiger partial charge in [-0.1, -0.05) is 0 Å². The highest BCUT2D eigenvalue weighted by Crippen LogP contribution is 2.21. The fourth-order valence-corrected chi connectivity index (χ4v) is 2.94. The van der Waals surface area contributed by atoms with Crippen LogP contribution >= 0.6 is 15.9 Å². The summed E-state index contributed by atoms with van der Waals surface area (Å²) in [6.45, 7) is -0.161. The Hall–Kier alpha value is -2.48. The normalized spacial score (nSPS) is 10.9. The summed E-state index contributed by atoms with van der Waals surface area (Å²) in [7, 11) is 1.63. The molecule has 2 heterocycles. The first kappa shape index (κ1) is 15.4. The second kappa shape index (κ2) is 5.96. The fraction of sp³-hybridized carbons (Fsp3) is 0.133. The molecule has 8 heteroatoms. The molecule has 0 aliphatic heterocycles. The van der Waals surface area contributed by atoms with Gasteiger partial charge in [0.2, 0.25) is 5.91 Å². The van der Waals surface area contributed by atoms with Crippen LogP contribution in [0.25, 0.3) is 11.0 Å². The van der Waals surface area contributed by atoms with Crippen molar-refractivity contribution < 1.29 is 9.18 Å². The van der Waals surface area contributed by atoms with Crippen molar-refractivity contribution in [2.24, 2.45) is 7.05 Å². The number of hydrogen-bond donors (Lipinski definition) is 1. The molecule has 3 rings (SSSR count). The molecule has 0 saturated carbocycles. The van der Waals surface area contributed by atoms with E-state index in [-0.39, 0.29) is 24.0 Å². The van der Waals surface area contributed by atoms with Crippen molar-refractivity contribution in [2.45, 2.75) is 6.54 Å². The number of pyridine rings is 1. The lowest BCUT2D eigenvalue weighted by Gasteiger charge is -2.06. The number of anilines is 1. The van der Waals surface area contributed by atoms with Crippen LogP contribution in [0.15, 0.2) is 45.9 Å². The Balaban J connectivity index is 1.91. The number of rotatable bonds is 3. The van der Waals surface area contributed by atoms with Crippen LogP contribution in [0.2, 0.25) is 0 Å². The molecular formula is C15H12BrFN4O2. The highest BCUT2D eigenvalue weighted by molar-refractivity contribution is 9.10. The summed E-state index contributed by atoms with van der Waals surface area (Å²) in [5, 5.41) is 2.63. The molecule has 0 radical (unpaired) electrons. The molecule has 1 amide bonds. The van der Waals surface area contributed by atoms with Crippen LogP contribution in [0, 0.1) is 5.82 Å². The molecule has 0 atom stereocenters. The van der Waals surface area contributed by atoms with E-state index in [1.165, 1.54) is 39.6 Å². The van der Waals surface area contributed by atoms with E-state index in [1.807, 2.05) is 0 Å². The Morgan fingerprint density at radius 2 is 2.00 bits per heavy atom. The number of nitrogens with one attached hydrogen (secondary N) is 1. The Labute approximate surface area is 138 Å². The SMILES string of the molecule is Cn1c(=O)n(CC(=O)Nc2ccc(F)cc2)c2cncc(Br)c21. The Bertz CT molecular complexity index is 947. The number of amides is 1. The summed E-state index contributed by atoms with van der Waals surface area (Å²) >= 11 is 3.35. The molecule has 1 N–H and O–H groups in total. The molecule has 2 aromatic heterocycles. The van der Waals surface area contributed by atoms with E-state index in [1.54, 1.807) is 13.2 Å². The fourth-order valence-electron chi connectivity index (χ4n) is 2.36. The van der Waals surface area contributed by atoms with Crippen molar-refractivity contribution in [3.8, 4) is 0 Å². The second-order valence-corrected chi connectivity index (χ2v) is 5.83. The van der Waals surface area contributed by atoms with E-state index in [0.717, 1.165) is 0 Å². The summed E-state index contributed by atoms with van der Waals surface area (Å²) in [5.41, 5.74) is 1.37. The van der Waals surface area contributed by atoms with E-state index >= 15 is 0 Å². The number of aryl methyl sites for hydroxylation is 1. The van der Waals surface area contributed by atoms with Crippen LogP contribution in [0.4, 0.5) is 10.1 Å². The van der Waals surface area contributed by atoms with Crippen molar-refractivity contribution in [1.29, 1.82) is 0 Å². The average molecular weight is 379 g/mol. The molecule has 3 aromatic rings. The number of halogens is 2. The molecule has 1 aromatic carbocycles. The molecule has 0 spiro atoms. The highest BCUT2D eigenvalue weighted by atomic mass is 79.9. The maximum absolute atomic E-state index is 12.9. The second-order valence-electron chi connectivity index (χ2n) is 4.97. The Morgan fingerprint density at radius 3 is 2.70 bits per heavy atom.